The molecule has 3 heteroatoms. The minimum atomic E-state index is -0.135. The molecule has 3 nitrogen and oxygen atoms in total. The van der Waals surface area contributed by atoms with Gasteiger partial charge in [-0.1, -0.05) is 26.0 Å². The van der Waals surface area contributed by atoms with Gasteiger partial charge in [-0.2, -0.15) is 0 Å². The van der Waals surface area contributed by atoms with Crippen molar-refractivity contribution in [3.63, 3.8) is 0 Å². The Morgan fingerprint density at radius 1 is 1.36 bits per heavy atom. The fourth-order valence-electron chi connectivity index (χ4n) is 1.56. The van der Waals surface area contributed by atoms with Crippen molar-refractivity contribution in [2.24, 2.45) is 11.8 Å². The Morgan fingerprint density at radius 2 is 1.93 bits per heavy atom. The number of nitrogens with one attached hydrogen (secondary N) is 1. The summed E-state index contributed by atoms with van der Waals surface area (Å²) in [6, 6.07) is 0. The first-order valence-electron chi connectivity index (χ1n) is 5.07. The number of carbonyl (C=O) groups is 2. The lowest BCUT2D eigenvalue weighted by Crippen LogP contribution is -2.38. The molecule has 0 spiro atoms. The smallest absolute Gasteiger partial charge is 0.226 e. The van der Waals surface area contributed by atoms with Gasteiger partial charge in [0.15, 0.2) is 0 Å². The number of imide groups is 1. The van der Waals surface area contributed by atoms with Gasteiger partial charge < -0.3 is 0 Å². The molecule has 0 bridgehead atoms. The number of hydrogen-bond acceptors (Lipinski definition) is 2. The molecule has 14 heavy (non-hydrogen) atoms. The van der Waals surface area contributed by atoms with E-state index in [0.717, 1.165) is 6.42 Å². The van der Waals surface area contributed by atoms with Gasteiger partial charge in [0.05, 0.1) is 0 Å². The monoisotopic (exact) mass is 195 g/mol. The van der Waals surface area contributed by atoms with E-state index in [1.54, 1.807) is 0 Å². The van der Waals surface area contributed by atoms with Gasteiger partial charge >= 0.3 is 0 Å². The molecule has 1 saturated heterocycles. The van der Waals surface area contributed by atoms with Crippen LogP contribution in [0, 0.1) is 11.8 Å². The number of allylic oxidation sites excluding steroid dienone is 2. The molecule has 0 atom stereocenters. The fourth-order valence-corrected chi connectivity index (χ4v) is 1.56. The minimum Gasteiger partial charge on any atom is -0.296 e. The number of rotatable bonds is 3. The molecule has 0 aliphatic carbocycles. The standard InChI is InChI=1S/C11H17NO2/c1-8(2)4-3-5-9-6-10(13)12-11(14)7-9/h3-4,8-9H,5-7H2,1-2H3,(H,12,13,14)/b4-3+. The van der Waals surface area contributed by atoms with E-state index in [2.05, 4.69) is 31.3 Å². The maximum Gasteiger partial charge on any atom is 0.226 e. The van der Waals surface area contributed by atoms with Crippen LogP contribution in [0.1, 0.15) is 33.1 Å². The second-order valence-electron chi connectivity index (χ2n) is 4.15. The molecule has 0 radical (unpaired) electrons. The zero-order chi connectivity index (χ0) is 10.6. The highest BCUT2D eigenvalue weighted by atomic mass is 16.2. The van der Waals surface area contributed by atoms with Gasteiger partial charge in [0, 0.05) is 12.8 Å². The number of piperidine rings is 1. The summed E-state index contributed by atoms with van der Waals surface area (Å²) in [5.41, 5.74) is 0. The molecule has 0 aromatic heterocycles. The van der Waals surface area contributed by atoms with Crippen molar-refractivity contribution in [2.75, 3.05) is 0 Å². The highest BCUT2D eigenvalue weighted by molar-refractivity contribution is 5.97. The van der Waals surface area contributed by atoms with Crippen LogP contribution < -0.4 is 5.32 Å². The molecule has 78 valence electrons. The van der Waals surface area contributed by atoms with Crippen LogP contribution in [0.3, 0.4) is 0 Å². The van der Waals surface area contributed by atoms with Gasteiger partial charge in [0.1, 0.15) is 0 Å². The van der Waals surface area contributed by atoms with E-state index in [4.69, 9.17) is 0 Å². The normalized spacial score (nSPS) is 19.4. The Bertz CT molecular complexity index is 240. The predicted octanol–water partition coefficient (Wildman–Crippen LogP) is 1.64. The zero-order valence-corrected chi connectivity index (χ0v) is 8.75. The second-order valence-corrected chi connectivity index (χ2v) is 4.15. The van der Waals surface area contributed by atoms with E-state index in [-0.39, 0.29) is 17.7 Å². The average Bonchev–Trinajstić information content (AvgIpc) is 2.01. The van der Waals surface area contributed by atoms with E-state index in [9.17, 15) is 9.59 Å². The summed E-state index contributed by atoms with van der Waals surface area (Å²) in [6.45, 7) is 4.21. The molecule has 1 fully saturated rings. The Kier molecular flexibility index (Phi) is 3.86. The third-order valence-electron chi connectivity index (χ3n) is 2.22. The molecule has 1 aliphatic heterocycles. The predicted molar refractivity (Wildman–Crippen MR) is 54.5 cm³/mol. The lowest BCUT2D eigenvalue weighted by molar-refractivity contribution is -0.134. The van der Waals surface area contributed by atoms with Crippen LogP contribution in [-0.2, 0) is 9.59 Å². The fraction of sp³-hybridized carbons (Fsp3) is 0.636. The van der Waals surface area contributed by atoms with Crippen LogP contribution >= 0.6 is 0 Å². The summed E-state index contributed by atoms with van der Waals surface area (Å²) in [7, 11) is 0. The summed E-state index contributed by atoms with van der Waals surface area (Å²) in [5, 5.41) is 2.31. The highest BCUT2D eigenvalue weighted by Gasteiger charge is 2.23. The van der Waals surface area contributed by atoms with Crippen LogP contribution in [0.15, 0.2) is 12.2 Å². The summed E-state index contributed by atoms with van der Waals surface area (Å²) >= 11 is 0. The quantitative estimate of drug-likeness (QED) is 0.549. The van der Waals surface area contributed by atoms with Crippen LogP contribution in [0.5, 0.6) is 0 Å². The van der Waals surface area contributed by atoms with Gasteiger partial charge in [-0.05, 0) is 18.3 Å². The first-order valence-corrected chi connectivity index (χ1v) is 5.07. The number of hydrogen-bond donors (Lipinski definition) is 1. The molecule has 0 aromatic carbocycles. The third kappa shape index (κ3) is 3.73. The third-order valence-corrected chi connectivity index (χ3v) is 2.22. The van der Waals surface area contributed by atoms with Crippen molar-refractivity contribution in [1.82, 2.24) is 5.32 Å². The van der Waals surface area contributed by atoms with Crippen LogP contribution in [-0.4, -0.2) is 11.8 Å². The SMILES string of the molecule is CC(C)/C=C/CC1CC(=O)NC(=O)C1. The van der Waals surface area contributed by atoms with Gasteiger partial charge in [-0.3, -0.25) is 14.9 Å². The molecule has 2 amide bonds. The van der Waals surface area contributed by atoms with Crippen LogP contribution in [0.4, 0.5) is 0 Å². The number of amides is 2. The lowest BCUT2D eigenvalue weighted by Gasteiger charge is -2.19. The van der Waals surface area contributed by atoms with E-state index in [0.29, 0.717) is 18.8 Å². The topological polar surface area (TPSA) is 46.2 Å². The second kappa shape index (κ2) is 4.94. The minimum absolute atomic E-state index is 0.135. The first-order chi connectivity index (χ1) is 6.58. The summed E-state index contributed by atoms with van der Waals surface area (Å²) in [6.07, 6.45) is 5.97. The molecule has 0 saturated carbocycles. The first kappa shape index (κ1) is 11.0. The molecule has 0 aromatic rings. The summed E-state index contributed by atoms with van der Waals surface area (Å²) in [5.74, 6) is 0.461. The molecule has 1 aliphatic rings. The molecular weight excluding hydrogens is 178 g/mol. The molecule has 1 heterocycles. The van der Waals surface area contributed by atoms with Gasteiger partial charge in [0.2, 0.25) is 11.8 Å². The van der Waals surface area contributed by atoms with E-state index < -0.39 is 0 Å². The lowest BCUT2D eigenvalue weighted by atomic mass is 9.93. The van der Waals surface area contributed by atoms with Crippen molar-refractivity contribution in [1.29, 1.82) is 0 Å². The maximum atomic E-state index is 11.0. The Morgan fingerprint density at radius 3 is 2.43 bits per heavy atom. The van der Waals surface area contributed by atoms with Gasteiger partial charge in [-0.15, -0.1) is 0 Å². The van der Waals surface area contributed by atoms with E-state index >= 15 is 0 Å². The molecular formula is C11H17NO2. The average molecular weight is 195 g/mol. The largest absolute Gasteiger partial charge is 0.296 e. The van der Waals surface area contributed by atoms with Crippen molar-refractivity contribution < 1.29 is 9.59 Å². The van der Waals surface area contributed by atoms with E-state index in [1.165, 1.54) is 0 Å². The van der Waals surface area contributed by atoms with Crippen molar-refractivity contribution in [3.8, 4) is 0 Å². The Hall–Kier alpha value is -1.12. The zero-order valence-electron chi connectivity index (χ0n) is 8.75. The van der Waals surface area contributed by atoms with Crippen LogP contribution in [0.2, 0.25) is 0 Å². The summed E-state index contributed by atoms with van der Waals surface area (Å²) < 4.78 is 0. The molecule has 1 rings (SSSR count). The Balaban J connectivity index is 2.37. The maximum absolute atomic E-state index is 11.0. The summed E-state index contributed by atoms with van der Waals surface area (Å²) in [4.78, 5) is 22.0. The van der Waals surface area contributed by atoms with Crippen LogP contribution in [0.25, 0.3) is 0 Å². The van der Waals surface area contributed by atoms with Gasteiger partial charge in [0.25, 0.3) is 0 Å². The Labute approximate surface area is 84.6 Å². The molecule has 1 N–H and O–H groups in total. The number of carbonyl (C=O) groups excluding carboxylic acids is 2. The van der Waals surface area contributed by atoms with E-state index in [1.807, 2.05) is 0 Å². The van der Waals surface area contributed by atoms with Crippen molar-refractivity contribution >= 4 is 11.8 Å². The highest BCUT2D eigenvalue weighted by Crippen LogP contribution is 2.18. The van der Waals surface area contributed by atoms with Crippen molar-refractivity contribution in [2.45, 2.75) is 33.1 Å². The van der Waals surface area contributed by atoms with Gasteiger partial charge in [-0.25, -0.2) is 0 Å². The molecule has 0 unspecified atom stereocenters. The van der Waals surface area contributed by atoms with Crippen molar-refractivity contribution in [3.05, 3.63) is 12.2 Å².